The third kappa shape index (κ3) is 9.81. The van der Waals surface area contributed by atoms with Crippen molar-refractivity contribution in [2.75, 3.05) is 7.11 Å². The highest BCUT2D eigenvalue weighted by Gasteiger charge is 2.24. The largest absolute Gasteiger partial charge is 0.496 e. The zero-order chi connectivity index (χ0) is 22.0. The van der Waals surface area contributed by atoms with Crippen LogP contribution in [0.15, 0.2) is 18.2 Å². The first-order chi connectivity index (χ1) is 13.5. The zero-order valence-electron chi connectivity index (χ0n) is 19.8. The third-order valence-corrected chi connectivity index (χ3v) is 5.48. The number of ether oxygens (including phenoxy) is 2. The molecule has 0 aliphatic rings. The lowest BCUT2D eigenvalue weighted by atomic mass is 9.86. The van der Waals surface area contributed by atoms with Crippen LogP contribution in [0.2, 0.25) is 13.1 Å². The van der Waals surface area contributed by atoms with Gasteiger partial charge >= 0.3 is 5.97 Å². The van der Waals surface area contributed by atoms with Gasteiger partial charge in [0.25, 0.3) is 0 Å². The predicted octanol–water partition coefficient (Wildman–Crippen LogP) is 6.80. The Kier molecular flexibility index (Phi) is 11.0. The van der Waals surface area contributed by atoms with Crippen molar-refractivity contribution in [3.63, 3.8) is 0 Å². The highest BCUT2D eigenvalue weighted by atomic mass is 28.3. The summed E-state index contributed by atoms with van der Waals surface area (Å²) in [5, 5.41) is 0. The van der Waals surface area contributed by atoms with E-state index in [1.807, 2.05) is 31.3 Å². The van der Waals surface area contributed by atoms with Gasteiger partial charge < -0.3 is 13.9 Å². The first-order valence-corrected chi connectivity index (χ1v) is 13.3. The summed E-state index contributed by atoms with van der Waals surface area (Å²) in [5.41, 5.74) is 1.91. The molecule has 0 heterocycles. The number of benzene rings is 1. The molecule has 1 unspecified atom stereocenters. The molecule has 0 aliphatic heterocycles. The molecule has 0 saturated heterocycles. The molecule has 1 aromatic carbocycles. The van der Waals surface area contributed by atoms with E-state index in [-0.39, 0.29) is 11.4 Å². The molecule has 5 heteroatoms. The van der Waals surface area contributed by atoms with E-state index in [2.05, 4.69) is 34.6 Å². The van der Waals surface area contributed by atoms with Crippen molar-refractivity contribution in [2.45, 2.75) is 97.9 Å². The van der Waals surface area contributed by atoms with Gasteiger partial charge in [0.2, 0.25) is 15.3 Å². The Balaban J connectivity index is 2.73. The Hall–Kier alpha value is -1.33. The number of rotatable bonds is 12. The minimum absolute atomic E-state index is 0.0308. The lowest BCUT2D eigenvalue weighted by Gasteiger charge is -2.25. The van der Waals surface area contributed by atoms with Gasteiger partial charge in [0.15, 0.2) is 0 Å². The maximum atomic E-state index is 12.4. The number of methoxy groups -OCH3 is 1. The van der Waals surface area contributed by atoms with Gasteiger partial charge in [0.05, 0.1) is 7.11 Å². The normalized spacial score (nSPS) is 13.0. The second kappa shape index (κ2) is 12.4. The van der Waals surface area contributed by atoms with E-state index in [4.69, 9.17) is 13.9 Å². The predicted molar refractivity (Wildman–Crippen MR) is 122 cm³/mol. The van der Waals surface area contributed by atoms with E-state index in [1.165, 1.54) is 19.3 Å². The second-order valence-corrected chi connectivity index (χ2v) is 11.5. The van der Waals surface area contributed by atoms with E-state index in [1.54, 1.807) is 7.11 Å². The van der Waals surface area contributed by atoms with Crippen molar-refractivity contribution in [1.82, 2.24) is 0 Å². The van der Waals surface area contributed by atoms with Crippen LogP contribution in [0.25, 0.3) is 0 Å². The molecule has 0 N–H and O–H groups in total. The molecule has 29 heavy (non-hydrogen) atoms. The number of carbonyl (C=O) groups is 1. The van der Waals surface area contributed by atoms with Crippen LogP contribution in [-0.4, -0.2) is 22.1 Å². The molecule has 0 aromatic heterocycles. The molecule has 1 aromatic rings. The van der Waals surface area contributed by atoms with Crippen LogP contribution < -0.4 is 4.74 Å². The van der Waals surface area contributed by atoms with Crippen molar-refractivity contribution < 1.29 is 18.7 Å². The molecule has 0 aliphatic carbocycles. The maximum Gasteiger partial charge on any atom is 0.308 e. The van der Waals surface area contributed by atoms with Gasteiger partial charge in [0.1, 0.15) is 5.75 Å². The summed E-state index contributed by atoms with van der Waals surface area (Å²) in [6, 6.07) is 5.97. The highest BCUT2D eigenvalue weighted by molar-refractivity contribution is 6.48. The molecule has 0 bridgehead atoms. The Morgan fingerprint density at radius 1 is 1.07 bits per heavy atom. The van der Waals surface area contributed by atoms with Gasteiger partial charge in [-0.2, -0.15) is 0 Å². The Labute approximate surface area is 180 Å². The summed E-state index contributed by atoms with van der Waals surface area (Å²) in [6.07, 6.45) is 5.36. The summed E-state index contributed by atoms with van der Waals surface area (Å²) >= 11 is 0. The minimum Gasteiger partial charge on any atom is -0.496 e. The third-order valence-electron chi connectivity index (χ3n) is 4.80. The van der Waals surface area contributed by atoms with Crippen LogP contribution in [0, 0.1) is 5.92 Å². The van der Waals surface area contributed by atoms with E-state index >= 15 is 0 Å². The lowest BCUT2D eigenvalue weighted by Crippen LogP contribution is -2.20. The second-order valence-electron chi connectivity index (χ2n) is 9.40. The number of esters is 1. The van der Waals surface area contributed by atoms with Crippen LogP contribution in [0.4, 0.5) is 0 Å². The lowest BCUT2D eigenvalue weighted by molar-refractivity contribution is -0.165. The fourth-order valence-electron chi connectivity index (χ4n) is 3.20. The molecule has 0 spiro atoms. The molecule has 165 valence electrons. The van der Waals surface area contributed by atoms with Gasteiger partial charge in [-0.15, -0.1) is 0 Å². The molecule has 0 amide bonds. The van der Waals surface area contributed by atoms with E-state index < -0.39 is 15.3 Å². The highest BCUT2D eigenvalue weighted by Crippen LogP contribution is 2.34. The van der Waals surface area contributed by atoms with Crippen molar-refractivity contribution in [3.05, 3.63) is 29.3 Å². The van der Waals surface area contributed by atoms with Crippen molar-refractivity contribution in [2.24, 2.45) is 5.92 Å². The topological polar surface area (TPSA) is 44.8 Å². The average molecular weight is 422 g/mol. The molecule has 0 saturated carbocycles. The first-order valence-electron chi connectivity index (χ1n) is 10.9. The van der Waals surface area contributed by atoms with Crippen molar-refractivity contribution in [1.29, 1.82) is 0 Å². The molecule has 1 radical (unpaired) electrons. The molecule has 4 nitrogen and oxygen atoms in total. The SMILES string of the molecule is COc1cc(C(OC(=O)CCCCCCC(C)C)O[Si](C)C)ccc1C(C)(C)C. The number of hydrogen-bond acceptors (Lipinski definition) is 4. The monoisotopic (exact) mass is 421 g/mol. The van der Waals surface area contributed by atoms with Crippen LogP contribution in [-0.2, 0) is 19.4 Å². The first kappa shape index (κ1) is 25.7. The number of hydrogen-bond donors (Lipinski definition) is 0. The zero-order valence-corrected chi connectivity index (χ0v) is 20.8. The smallest absolute Gasteiger partial charge is 0.308 e. The molecule has 1 rings (SSSR count). The summed E-state index contributed by atoms with van der Waals surface area (Å²) in [6.45, 7) is 15.0. The quantitative estimate of drug-likeness (QED) is 0.161. The average Bonchev–Trinajstić information content (AvgIpc) is 2.62. The molecule has 1 atom stereocenters. The van der Waals surface area contributed by atoms with Gasteiger partial charge in [-0.1, -0.05) is 72.4 Å². The maximum absolute atomic E-state index is 12.4. The standard InChI is InChI=1S/C24H41O4Si/c1-18(2)13-11-9-10-12-14-22(25)27-23(28-29(7)8)19-15-16-20(24(3,4)5)21(17-19)26-6/h15-18,23H,9-14H2,1-8H3. The summed E-state index contributed by atoms with van der Waals surface area (Å²) in [5.74, 6) is 1.35. The van der Waals surface area contributed by atoms with Crippen LogP contribution >= 0.6 is 0 Å². The summed E-state index contributed by atoms with van der Waals surface area (Å²) in [7, 11) is 0.630. The van der Waals surface area contributed by atoms with E-state index in [0.29, 0.717) is 6.42 Å². The van der Waals surface area contributed by atoms with E-state index in [9.17, 15) is 4.79 Å². The van der Waals surface area contributed by atoms with Gasteiger partial charge in [-0.05, 0) is 42.5 Å². The molecular formula is C24H41O4Si. The Morgan fingerprint density at radius 2 is 1.72 bits per heavy atom. The van der Waals surface area contributed by atoms with Crippen molar-refractivity contribution in [3.8, 4) is 5.75 Å². The van der Waals surface area contributed by atoms with Crippen molar-refractivity contribution >= 4 is 15.0 Å². The summed E-state index contributed by atoms with van der Waals surface area (Å²) < 4.78 is 17.3. The van der Waals surface area contributed by atoms with Gasteiger partial charge in [-0.25, -0.2) is 0 Å². The fraction of sp³-hybridized carbons (Fsp3) is 0.708. The fourth-order valence-corrected chi connectivity index (χ4v) is 3.81. The molecule has 0 fully saturated rings. The van der Waals surface area contributed by atoms with E-state index in [0.717, 1.165) is 35.6 Å². The molecular weight excluding hydrogens is 380 g/mol. The van der Waals surface area contributed by atoms with Crippen LogP contribution in [0.3, 0.4) is 0 Å². The summed E-state index contributed by atoms with van der Waals surface area (Å²) in [4.78, 5) is 12.4. The number of carbonyl (C=O) groups excluding carboxylic acids is 1. The number of unbranched alkanes of at least 4 members (excludes halogenated alkanes) is 3. The Bertz CT molecular complexity index is 620. The minimum atomic E-state index is -1.04. The van der Waals surface area contributed by atoms with Crippen LogP contribution in [0.5, 0.6) is 5.75 Å². The Morgan fingerprint density at radius 3 is 2.28 bits per heavy atom. The van der Waals surface area contributed by atoms with Crippen LogP contribution in [0.1, 0.15) is 90.6 Å². The van der Waals surface area contributed by atoms with Gasteiger partial charge in [0, 0.05) is 12.0 Å². The van der Waals surface area contributed by atoms with Gasteiger partial charge in [-0.3, -0.25) is 4.79 Å².